The Labute approximate surface area is 150 Å². The van der Waals surface area contributed by atoms with Gasteiger partial charge in [0, 0.05) is 23.1 Å². The third-order valence-electron chi connectivity index (χ3n) is 4.59. The summed E-state index contributed by atoms with van der Waals surface area (Å²) in [7, 11) is 0. The summed E-state index contributed by atoms with van der Waals surface area (Å²) < 4.78 is 18.6. The molecule has 0 aliphatic heterocycles. The maximum absolute atomic E-state index is 12.9. The molecule has 0 fully saturated rings. The van der Waals surface area contributed by atoms with Crippen LogP contribution in [0.15, 0.2) is 28.7 Å². The highest BCUT2D eigenvalue weighted by molar-refractivity contribution is 5.98. The number of rotatable bonds is 2. The van der Waals surface area contributed by atoms with Crippen molar-refractivity contribution >= 4 is 11.8 Å². The maximum Gasteiger partial charge on any atom is 0.305 e. The van der Waals surface area contributed by atoms with E-state index in [9.17, 15) is 19.1 Å². The summed E-state index contributed by atoms with van der Waals surface area (Å²) in [4.78, 5) is 24.4. The van der Waals surface area contributed by atoms with Gasteiger partial charge in [0.2, 0.25) is 0 Å². The van der Waals surface area contributed by atoms with Gasteiger partial charge in [0.15, 0.2) is 5.76 Å². The minimum atomic E-state index is -0.687. The summed E-state index contributed by atoms with van der Waals surface area (Å²) in [6.45, 7) is 5.76. The van der Waals surface area contributed by atoms with Crippen LogP contribution in [-0.4, -0.2) is 16.9 Å². The van der Waals surface area contributed by atoms with E-state index in [1.54, 1.807) is 6.92 Å². The number of benzene rings is 1. The Morgan fingerprint density at radius 3 is 2.46 bits per heavy atom. The molecule has 0 bridgehead atoms. The number of aliphatic hydroxyl groups excluding tert-OH is 1. The third-order valence-corrected chi connectivity index (χ3v) is 4.59. The molecule has 1 atom stereocenters. The minimum absolute atomic E-state index is 0.0613. The second-order valence-corrected chi connectivity index (χ2v) is 7.37. The Kier molecular flexibility index (Phi) is 4.58. The molecule has 1 heterocycles. The molecule has 0 radical (unpaired) electrons. The monoisotopic (exact) mass is 360 g/mol. The first-order valence-corrected chi connectivity index (χ1v) is 8.34. The largest absolute Gasteiger partial charge is 0.455 e. The topological polar surface area (TPSA) is 91.6 Å². The summed E-state index contributed by atoms with van der Waals surface area (Å²) in [5.41, 5.74) is 5.86. The van der Waals surface area contributed by atoms with Crippen LogP contribution in [0.2, 0.25) is 0 Å². The average molecular weight is 360 g/mol. The number of halogens is 1. The van der Waals surface area contributed by atoms with Gasteiger partial charge in [-0.05, 0) is 43.0 Å². The Morgan fingerprint density at radius 1 is 1.19 bits per heavy atom. The van der Waals surface area contributed by atoms with Crippen LogP contribution in [0.4, 0.5) is 4.39 Å². The lowest BCUT2D eigenvalue weighted by Gasteiger charge is -2.31. The summed E-state index contributed by atoms with van der Waals surface area (Å²) >= 11 is 0. The summed E-state index contributed by atoms with van der Waals surface area (Å²) in [6.07, 6.45) is 0.519. The molecule has 26 heavy (non-hydrogen) atoms. The van der Waals surface area contributed by atoms with Crippen molar-refractivity contribution in [3.05, 3.63) is 58.3 Å². The zero-order valence-electron chi connectivity index (χ0n) is 14.9. The van der Waals surface area contributed by atoms with Crippen molar-refractivity contribution in [3.8, 4) is 0 Å². The molecule has 1 aliphatic carbocycles. The molecular formula is C19H21FN2O4. The van der Waals surface area contributed by atoms with Crippen molar-refractivity contribution in [3.63, 3.8) is 0 Å². The number of carbonyl (C=O) groups is 2. The number of amides is 2. The van der Waals surface area contributed by atoms with E-state index >= 15 is 0 Å². The molecule has 2 amide bonds. The van der Waals surface area contributed by atoms with E-state index < -0.39 is 23.7 Å². The highest BCUT2D eigenvalue weighted by Crippen LogP contribution is 2.43. The molecule has 0 saturated carbocycles. The van der Waals surface area contributed by atoms with E-state index in [1.807, 2.05) is 13.8 Å². The molecule has 1 aromatic heterocycles. The first kappa shape index (κ1) is 18.1. The molecule has 3 rings (SSSR count). The molecule has 3 N–H and O–H groups in total. The van der Waals surface area contributed by atoms with Gasteiger partial charge in [-0.1, -0.05) is 13.8 Å². The molecule has 1 aromatic carbocycles. The van der Waals surface area contributed by atoms with Crippen molar-refractivity contribution < 1.29 is 23.5 Å². The van der Waals surface area contributed by atoms with Gasteiger partial charge >= 0.3 is 5.91 Å². The van der Waals surface area contributed by atoms with Gasteiger partial charge in [0.05, 0.1) is 6.10 Å². The predicted molar refractivity (Wildman–Crippen MR) is 91.8 cm³/mol. The lowest BCUT2D eigenvalue weighted by Crippen LogP contribution is -2.41. The Balaban J connectivity index is 1.73. The molecule has 2 aromatic rings. The van der Waals surface area contributed by atoms with Gasteiger partial charge < -0.3 is 9.52 Å². The van der Waals surface area contributed by atoms with Crippen LogP contribution in [0.5, 0.6) is 0 Å². The molecule has 138 valence electrons. The molecule has 1 unspecified atom stereocenters. The van der Waals surface area contributed by atoms with Gasteiger partial charge in [-0.3, -0.25) is 20.4 Å². The maximum atomic E-state index is 12.9. The summed E-state index contributed by atoms with van der Waals surface area (Å²) in [6, 6.07) is 4.94. The average Bonchev–Trinajstić information content (AvgIpc) is 2.88. The Hall–Kier alpha value is -2.67. The van der Waals surface area contributed by atoms with Crippen molar-refractivity contribution in [1.82, 2.24) is 10.9 Å². The standard InChI is InChI=1S/C19H21FN2O4/c1-10-15-13(23)8-19(2,3)9-14(15)26-16(10)18(25)22-21-17(24)11-4-6-12(20)7-5-11/h4-7,13,23H,8-9H2,1-3H3,(H,21,24)(H,22,25). The fourth-order valence-electron chi connectivity index (χ4n) is 3.35. The number of fused-ring (bicyclic) bond motifs is 1. The van der Waals surface area contributed by atoms with E-state index in [2.05, 4.69) is 10.9 Å². The Bertz CT molecular complexity index is 855. The number of hydrogen-bond donors (Lipinski definition) is 3. The lowest BCUT2D eigenvalue weighted by molar-refractivity contribution is 0.0822. The van der Waals surface area contributed by atoms with E-state index in [0.717, 1.165) is 12.1 Å². The molecule has 7 heteroatoms. The van der Waals surface area contributed by atoms with Gasteiger partial charge in [-0.25, -0.2) is 4.39 Å². The van der Waals surface area contributed by atoms with Crippen LogP contribution in [0.25, 0.3) is 0 Å². The fourth-order valence-corrected chi connectivity index (χ4v) is 3.35. The quantitative estimate of drug-likeness (QED) is 0.718. The first-order chi connectivity index (χ1) is 12.2. The second-order valence-electron chi connectivity index (χ2n) is 7.37. The van der Waals surface area contributed by atoms with Gasteiger partial charge in [0.1, 0.15) is 11.6 Å². The first-order valence-electron chi connectivity index (χ1n) is 8.34. The summed E-state index contributed by atoms with van der Waals surface area (Å²) in [5.74, 6) is -0.984. The van der Waals surface area contributed by atoms with Gasteiger partial charge in [0.25, 0.3) is 5.91 Å². The highest BCUT2D eigenvalue weighted by atomic mass is 19.1. The van der Waals surface area contributed by atoms with Gasteiger partial charge in [-0.15, -0.1) is 0 Å². The number of hydrogen-bond acceptors (Lipinski definition) is 4. The van der Waals surface area contributed by atoms with Crippen molar-refractivity contribution in [2.24, 2.45) is 5.41 Å². The lowest BCUT2D eigenvalue weighted by atomic mass is 9.75. The zero-order chi connectivity index (χ0) is 19.1. The van der Waals surface area contributed by atoms with E-state index in [-0.39, 0.29) is 16.7 Å². The smallest absolute Gasteiger partial charge is 0.305 e. The third kappa shape index (κ3) is 3.48. The number of furan rings is 1. The van der Waals surface area contributed by atoms with Crippen molar-refractivity contribution in [2.45, 2.75) is 39.7 Å². The van der Waals surface area contributed by atoms with Crippen molar-refractivity contribution in [2.75, 3.05) is 0 Å². The summed E-state index contributed by atoms with van der Waals surface area (Å²) in [5, 5.41) is 10.4. The Morgan fingerprint density at radius 2 is 1.81 bits per heavy atom. The van der Waals surface area contributed by atoms with Crippen molar-refractivity contribution in [1.29, 1.82) is 0 Å². The molecule has 6 nitrogen and oxygen atoms in total. The van der Waals surface area contributed by atoms with E-state index in [1.165, 1.54) is 12.1 Å². The SMILES string of the molecule is Cc1c(C(=O)NNC(=O)c2ccc(F)cc2)oc2c1C(O)CC(C)(C)C2. The molecule has 0 saturated heterocycles. The number of hydrazine groups is 1. The molecule has 1 aliphatic rings. The van der Waals surface area contributed by atoms with Crippen LogP contribution in [-0.2, 0) is 6.42 Å². The van der Waals surface area contributed by atoms with Crippen LogP contribution in [0.1, 0.15) is 64.2 Å². The predicted octanol–water partition coefficient (Wildman–Crippen LogP) is 2.81. The minimum Gasteiger partial charge on any atom is -0.455 e. The van der Waals surface area contributed by atoms with Crippen LogP contribution < -0.4 is 10.9 Å². The van der Waals surface area contributed by atoms with E-state index in [4.69, 9.17) is 4.42 Å². The molecule has 0 spiro atoms. The van der Waals surface area contributed by atoms with Crippen LogP contribution in [0.3, 0.4) is 0 Å². The van der Waals surface area contributed by atoms with Crippen LogP contribution >= 0.6 is 0 Å². The number of carbonyl (C=O) groups excluding carboxylic acids is 2. The number of nitrogens with one attached hydrogen (secondary N) is 2. The second kappa shape index (κ2) is 6.57. The van der Waals surface area contributed by atoms with Gasteiger partial charge in [-0.2, -0.15) is 0 Å². The fraction of sp³-hybridized carbons (Fsp3) is 0.368. The number of aliphatic hydroxyl groups is 1. The normalized spacial score (nSPS) is 18.1. The van der Waals surface area contributed by atoms with E-state index in [0.29, 0.717) is 29.7 Å². The zero-order valence-corrected chi connectivity index (χ0v) is 14.9. The molecular weight excluding hydrogens is 339 g/mol. The highest BCUT2D eigenvalue weighted by Gasteiger charge is 2.37. The van der Waals surface area contributed by atoms with Crippen LogP contribution in [0, 0.1) is 18.2 Å².